The summed E-state index contributed by atoms with van der Waals surface area (Å²) in [6, 6.07) is 93.7. The molecular weight excluding hydrogens is 1310 g/mol. The summed E-state index contributed by atoms with van der Waals surface area (Å²) in [6.45, 7) is 4.79. The van der Waals surface area contributed by atoms with Gasteiger partial charge in [0.05, 0.1) is 27.5 Å². The predicted molar refractivity (Wildman–Crippen MR) is 432 cm³/mol. The molecule has 0 N–H and O–H groups in total. The Morgan fingerprint density at radius 1 is 0.471 bits per heavy atom. The van der Waals surface area contributed by atoms with Crippen LogP contribution in [-0.4, -0.2) is 24.7 Å². The lowest BCUT2D eigenvalue weighted by atomic mass is 9.71. The summed E-state index contributed by atoms with van der Waals surface area (Å²) in [5.41, 5.74) is 23.0. The average Bonchev–Trinajstić information content (AvgIpc) is 1.65. The van der Waals surface area contributed by atoms with Crippen molar-refractivity contribution in [2.24, 2.45) is 0 Å². The molecule has 20 rings (SSSR count). The van der Waals surface area contributed by atoms with E-state index in [-0.39, 0.29) is 22.0 Å². The van der Waals surface area contributed by atoms with Crippen LogP contribution in [0, 0.1) is 0 Å². The van der Waals surface area contributed by atoms with Crippen LogP contribution < -0.4 is 9.75 Å². The van der Waals surface area contributed by atoms with Gasteiger partial charge in [-0.1, -0.05) is 286 Å². The van der Waals surface area contributed by atoms with Gasteiger partial charge in [-0.05, 0) is 146 Å². The van der Waals surface area contributed by atoms with Gasteiger partial charge in [-0.15, -0.1) is 34.4 Å². The van der Waals surface area contributed by atoms with Gasteiger partial charge < -0.3 is 0 Å². The second-order valence-corrected chi connectivity index (χ2v) is 32.9. The summed E-state index contributed by atoms with van der Waals surface area (Å²) in [5.74, 6) is 1.93. The number of allylic oxidation sites excluding steroid dienone is 11. The van der Waals surface area contributed by atoms with Crippen LogP contribution in [0.3, 0.4) is 0 Å². The fourth-order valence-electron chi connectivity index (χ4n) is 16.6. The number of hydrogen-bond acceptors (Lipinski definition) is 8. The lowest BCUT2D eigenvalue weighted by Gasteiger charge is -2.35. The number of rotatable bonds is 11. The maximum absolute atomic E-state index is 5.66. The van der Waals surface area contributed by atoms with E-state index in [0.29, 0.717) is 5.92 Å². The third-order valence-electron chi connectivity index (χ3n) is 22.0. The topological polar surface area (TPSA) is 51.6 Å². The van der Waals surface area contributed by atoms with Crippen molar-refractivity contribution >= 4 is 111 Å². The lowest BCUT2D eigenvalue weighted by Crippen LogP contribution is -2.29. The van der Waals surface area contributed by atoms with Crippen LogP contribution >= 0.6 is 46.2 Å². The number of fused-ring (bicyclic) bond motifs is 12. The fourth-order valence-corrected chi connectivity index (χ4v) is 21.9. The summed E-state index contributed by atoms with van der Waals surface area (Å²) in [4.78, 5) is 26.4. The van der Waals surface area contributed by atoms with Crippen molar-refractivity contribution in [1.29, 1.82) is 0 Å². The molecule has 4 aliphatic carbocycles. The SMILES string of the molecule is CC1(c2ccccc2)C=CC(c2cc(C3C=CC=C4c5ccc(-c6ccc(-c7ccc(-c8ccccc8-c8cc(C9=C%10Sc%11ccccc%11C%10CC=C9)nc(C9C=c%10sc%11ccccc%11c%10=CC9)n8)cc7)cc6)cc5SC43C)nc(-c3ccc4c(c3)sc3ccccc34)n2)=C(c2ccccc2)C1. The first-order valence-corrected chi connectivity index (χ1v) is 38.6. The van der Waals surface area contributed by atoms with Crippen LogP contribution in [-0.2, 0) is 5.41 Å². The number of thiophene rings is 2. The monoisotopic (exact) mass is 1380 g/mol. The van der Waals surface area contributed by atoms with E-state index in [0.717, 1.165) is 81.5 Å². The second-order valence-electron chi connectivity index (χ2n) is 28.1. The minimum atomic E-state index is -0.342. The van der Waals surface area contributed by atoms with E-state index in [1.165, 1.54) is 116 Å². The largest absolute Gasteiger partial charge is 0.232 e. The van der Waals surface area contributed by atoms with E-state index in [1.807, 2.05) is 46.2 Å². The molecular formula is C94H66N4S4. The first-order valence-electron chi connectivity index (χ1n) is 35.3. The Balaban J connectivity index is 0.606. The summed E-state index contributed by atoms with van der Waals surface area (Å²) < 4.78 is 4.80. The molecule has 4 nitrogen and oxygen atoms in total. The third-order valence-corrected chi connectivity index (χ3v) is 27.0. The molecule has 0 fully saturated rings. The minimum Gasteiger partial charge on any atom is -0.232 e. The van der Waals surface area contributed by atoms with E-state index in [2.05, 4.69) is 323 Å². The van der Waals surface area contributed by atoms with Gasteiger partial charge in [-0.2, -0.15) is 0 Å². The zero-order chi connectivity index (χ0) is 67.6. The Morgan fingerprint density at radius 2 is 1.14 bits per heavy atom. The van der Waals surface area contributed by atoms with E-state index in [1.54, 1.807) is 0 Å². The molecule has 5 atom stereocenters. The number of thioether (sulfide) groups is 2. The number of nitrogens with zero attached hydrogens (tertiary/aromatic N) is 4. The number of aromatic nitrogens is 4. The Labute approximate surface area is 610 Å². The van der Waals surface area contributed by atoms with Gasteiger partial charge in [0.25, 0.3) is 0 Å². The van der Waals surface area contributed by atoms with E-state index in [4.69, 9.17) is 19.9 Å². The average molecular weight is 1380 g/mol. The van der Waals surface area contributed by atoms with Crippen molar-refractivity contribution in [3.63, 3.8) is 0 Å². The smallest absolute Gasteiger partial charge is 0.160 e. The van der Waals surface area contributed by atoms with E-state index < -0.39 is 0 Å². The van der Waals surface area contributed by atoms with Gasteiger partial charge in [0.2, 0.25) is 0 Å². The maximum Gasteiger partial charge on any atom is 0.160 e. The quantitative estimate of drug-likeness (QED) is 0.129. The molecule has 4 aromatic heterocycles. The molecule has 0 bridgehead atoms. The van der Waals surface area contributed by atoms with Crippen LogP contribution in [0.15, 0.2) is 312 Å². The molecule has 0 saturated carbocycles. The third kappa shape index (κ3) is 10.5. The summed E-state index contributed by atoms with van der Waals surface area (Å²) in [6.07, 6.45) is 23.9. The highest BCUT2D eigenvalue weighted by atomic mass is 32.2. The van der Waals surface area contributed by atoms with Crippen LogP contribution in [0.25, 0.3) is 121 Å². The predicted octanol–water partition coefficient (Wildman–Crippen LogP) is 23.9. The highest BCUT2D eigenvalue weighted by Crippen LogP contribution is 2.61. The minimum absolute atomic E-state index is 0.0414. The van der Waals surface area contributed by atoms with Crippen molar-refractivity contribution < 1.29 is 0 Å². The van der Waals surface area contributed by atoms with Crippen molar-refractivity contribution in [2.45, 2.75) is 70.8 Å². The molecule has 10 aromatic carbocycles. The fraction of sp³-hybridized carbons (Fsp3) is 0.106. The van der Waals surface area contributed by atoms with Crippen molar-refractivity contribution in [1.82, 2.24) is 19.9 Å². The standard InChI is InChI=1S/C94H66N4S4/c1-93(65-21-7-4-8-22-65)50-49-68(77(56-93)60-19-5-3-6-20-60)81-55-83(98-92(96-81)64-45-47-73-70-26-12-15-33-85(70)100-88(73)53-64)79-31-18-30-78-75-48-43-62(51-89(75)102-94(78,79)2)59-37-35-57(36-38-59)58-39-41-61(42-40-58)66-23-9-10-24-67(66)80-54-82(76-29-17-28-74-71-27-13-16-34-86(71)101-90(74)76)97-91(95-80)63-44-46-72-69-25-11-14-32-84(69)99-87(72)52-63/h3-27,29-43,45-55,63,74,79H,28,44,56H2,1-2H3. The first-order chi connectivity index (χ1) is 50.2. The van der Waals surface area contributed by atoms with E-state index >= 15 is 0 Å². The van der Waals surface area contributed by atoms with Crippen molar-refractivity contribution in [3.05, 3.63) is 357 Å². The van der Waals surface area contributed by atoms with Gasteiger partial charge in [-0.3, -0.25) is 0 Å². The summed E-state index contributed by atoms with van der Waals surface area (Å²) in [7, 11) is 0. The van der Waals surface area contributed by atoms with Gasteiger partial charge in [0.15, 0.2) is 5.82 Å². The molecule has 0 spiro atoms. The molecule has 8 heteroatoms. The molecule has 6 aliphatic rings. The van der Waals surface area contributed by atoms with Crippen molar-refractivity contribution in [3.8, 4) is 56.0 Å². The summed E-state index contributed by atoms with van der Waals surface area (Å²) in [5, 5.41) is 5.21. The number of hydrogen-bond donors (Lipinski definition) is 0. The molecule has 486 valence electrons. The summed E-state index contributed by atoms with van der Waals surface area (Å²) >= 11 is 7.59. The molecule has 0 saturated heterocycles. The number of benzene rings is 10. The molecule has 0 radical (unpaired) electrons. The molecule has 102 heavy (non-hydrogen) atoms. The molecule has 5 unspecified atom stereocenters. The normalized spacial score (nSPS) is 20.1. The maximum atomic E-state index is 5.66. The Morgan fingerprint density at radius 3 is 1.96 bits per heavy atom. The second kappa shape index (κ2) is 24.6. The first kappa shape index (κ1) is 61.3. The Hall–Kier alpha value is -10.6. The van der Waals surface area contributed by atoms with Crippen LogP contribution in [0.4, 0.5) is 0 Å². The molecule has 6 heterocycles. The van der Waals surface area contributed by atoms with Gasteiger partial charge in [-0.25, -0.2) is 19.9 Å². The Bertz CT molecular complexity index is 6150. The Kier molecular flexibility index (Phi) is 14.8. The highest BCUT2D eigenvalue weighted by Gasteiger charge is 2.47. The lowest BCUT2D eigenvalue weighted by molar-refractivity contribution is 0.610. The van der Waals surface area contributed by atoms with Crippen LogP contribution in [0.2, 0.25) is 0 Å². The van der Waals surface area contributed by atoms with Gasteiger partial charge >= 0.3 is 0 Å². The van der Waals surface area contributed by atoms with Crippen LogP contribution in [0.5, 0.6) is 0 Å². The van der Waals surface area contributed by atoms with E-state index in [9.17, 15) is 0 Å². The molecule has 0 amide bonds. The van der Waals surface area contributed by atoms with Crippen LogP contribution in [0.1, 0.15) is 96.0 Å². The zero-order valence-corrected chi connectivity index (χ0v) is 59.5. The van der Waals surface area contributed by atoms with Gasteiger partial charge in [0, 0.05) is 89.5 Å². The molecule has 14 aromatic rings. The highest BCUT2D eigenvalue weighted by molar-refractivity contribution is 8.03. The molecule has 2 aliphatic heterocycles. The van der Waals surface area contributed by atoms with Crippen molar-refractivity contribution in [2.75, 3.05) is 0 Å². The zero-order valence-electron chi connectivity index (χ0n) is 56.2. The van der Waals surface area contributed by atoms with Gasteiger partial charge in [0.1, 0.15) is 5.82 Å².